The molecule has 2 atom stereocenters. The molecule has 1 fully saturated rings. The number of hydrogen-bond donors (Lipinski definition) is 2. The highest BCUT2D eigenvalue weighted by Crippen LogP contribution is 2.24. The summed E-state index contributed by atoms with van der Waals surface area (Å²) in [5.41, 5.74) is 6.48. The molecule has 15 heavy (non-hydrogen) atoms. The third kappa shape index (κ3) is 1.69. The third-order valence-corrected chi connectivity index (χ3v) is 2.93. The molecule has 2 unspecified atom stereocenters. The molecular formula is C10H16N4O. The molecule has 0 saturated carbocycles. The average molecular weight is 208 g/mol. The van der Waals surface area contributed by atoms with Crippen LogP contribution < -0.4 is 5.73 Å². The molecule has 5 heteroatoms. The highest BCUT2D eigenvalue weighted by Gasteiger charge is 2.31. The van der Waals surface area contributed by atoms with Gasteiger partial charge in [-0.15, -0.1) is 0 Å². The standard InChI is InChI=1S/C10H16N4O/c1-6-3-7(2)14(5-6)10(15)9-8(11)4-12-13-9/h4,6-7H,3,5,11H2,1-2H3,(H,12,13). The van der Waals surface area contributed by atoms with Crippen molar-refractivity contribution in [1.29, 1.82) is 0 Å². The van der Waals surface area contributed by atoms with Crippen LogP contribution in [0, 0.1) is 5.92 Å². The molecule has 1 aromatic heterocycles. The quantitative estimate of drug-likeness (QED) is 0.718. The van der Waals surface area contributed by atoms with Crippen LogP contribution in [0.25, 0.3) is 0 Å². The third-order valence-electron chi connectivity index (χ3n) is 2.93. The van der Waals surface area contributed by atoms with Crippen LogP contribution in [0.15, 0.2) is 6.20 Å². The number of aromatic amines is 1. The van der Waals surface area contributed by atoms with Crippen LogP contribution in [0.3, 0.4) is 0 Å². The van der Waals surface area contributed by atoms with Gasteiger partial charge in [-0.2, -0.15) is 5.10 Å². The SMILES string of the molecule is CC1CC(C)N(C(=O)c2[nH]ncc2N)C1. The number of hydrogen-bond acceptors (Lipinski definition) is 3. The minimum absolute atomic E-state index is 0.0400. The summed E-state index contributed by atoms with van der Waals surface area (Å²) in [6.07, 6.45) is 2.52. The molecule has 1 saturated heterocycles. The van der Waals surface area contributed by atoms with Crippen molar-refractivity contribution in [2.75, 3.05) is 12.3 Å². The summed E-state index contributed by atoms with van der Waals surface area (Å²) in [6.45, 7) is 5.02. The second-order valence-corrected chi connectivity index (χ2v) is 4.35. The van der Waals surface area contributed by atoms with E-state index in [1.54, 1.807) is 0 Å². The Balaban J connectivity index is 2.19. The Labute approximate surface area is 88.6 Å². The molecule has 82 valence electrons. The van der Waals surface area contributed by atoms with Crippen molar-refractivity contribution in [3.05, 3.63) is 11.9 Å². The maximum atomic E-state index is 12.1. The van der Waals surface area contributed by atoms with E-state index in [0.29, 0.717) is 17.3 Å². The van der Waals surface area contributed by atoms with Gasteiger partial charge in [0.1, 0.15) is 5.69 Å². The van der Waals surface area contributed by atoms with Crippen LogP contribution in [0.4, 0.5) is 5.69 Å². The summed E-state index contributed by atoms with van der Waals surface area (Å²) in [4.78, 5) is 13.9. The summed E-state index contributed by atoms with van der Waals surface area (Å²) >= 11 is 0. The molecule has 1 amide bonds. The van der Waals surface area contributed by atoms with Crippen LogP contribution >= 0.6 is 0 Å². The van der Waals surface area contributed by atoms with E-state index >= 15 is 0 Å². The maximum absolute atomic E-state index is 12.1. The summed E-state index contributed by atoms with van der Waals surface area (Å²) in [5.74, 6) is 0.523. The lowest BCUT2D eigenvalue weighted by Gasteiger charge is -2.20. The first-order valence-corrected chi connectivity index (χ1v) is 5.19. The first-order chi connectivity index (χ1) is 7.09. The van der Waals surface area contributed by atoms with E-state index in [9.17, 15) is 4.79 Å². The number of carbonyl (C=O) groups is 1. The molecule has 1 aromatic rings. The summed E-state index contributed by atoms with van der Waals surface area (Å²) in [7, 11) is 0. The van der Waals surface area contributed by atoms with Crippen molar-refractivity contribution in [1.82, 2.24) is 15.1 Å². The number of likely N-dealkylation sites (tertiary alicyclic amines) is 1. The summed E-state index contributed by atoms with van der Waals surface area (Å²) < 4.78 is 0. The van der Waals surface area contributed by atoms with Crippen molar-refractivity contribution in [2.45, 2.75) is 26.3 Å². The number of nitrogens with zero attached hydrogens (tertiary/aromatic N) is 2. The van der Waals surface area contributed by atoms with Gasteiger partial charge in [-0.05, 0) is 19.3 Å². The van der Waals surface area contributed by atoms with Gasteiger partial charge in [-0.1, -0.05) is 6.92 Å². The van der Waals surface area contributed by atoms with Crippen molar-refractivity contribution < 1.29 is 4.79 Å². The highest BCUT2D eigenvalue weighted by molar-refractivity contribution is 5.97. The first kappa shape index (κ1) is 10.0. The van der Waals surface area contributed by atoms with Gasteiger partial charge >= 0.3 is 0 Å². The van der Waals surface area contributed by atoms with Gasteiger partial charge in [0.05, 0.1) is 11.9 Å². The molecule has 0 aromatic carbocycles. The lowest BCUT2D eigenvalue weighted by molar-refractivity contribution is 0.0739. The van der Waals surface area contributed by atoms with E-state index in [0.717, 1.165) is 13.0 Å². The number of carbonyl (C=O) groups excluding carboxylic acids is 1. The Morgan fingerprint density at radius 2 is 2.40 bits per heavy atom. The number of nitrogen functional groups attached to an aromatic ring is 1. The maximum Gasteiger partial charge on any atom is 0.274 e. The molecule has 0 spiro atoms. The minimum atomic E-state index is -0.0400. The van der Waals surface area contributed by atoms with Crippen LogP contribution in [-0.2, 0) is 0 Å². The predicted molar refractivity (Wildman–Crippen MR) is 57.3 cm³/mol. The second-order valence-electron chi connectivity index (χ2n) is 4.35. The number of aromatic nitrogens is 2. The molecule has 0 aliphatic carbocycles. The number of H-pyrrole nitrogens is 1. The first-order valence-electron chi connectivity index (χ1n) is 5.19. The van der Waals surface area contributed by atoms with Crippen LogP contribution in [0.1, 0.15) is 30.8 Å². The molecular weight excluding hydrogens is 192 g/mol. The minimum Gasteiger partial charge on any atom is -0.396 e. The van der Waals surface area contributed by atoms with E-state index in [4.69, 9.17) is 5.73 Å². The van der Waals surface area contributed by atoms with Gasteiger partial charge in [-0.3, -0.25) is 9.89 Å². The number of nitrogens with one attached hydrogen (secondary N) is 1. The van der Waals surface area contributed by atoms with Gasteiger partial charge in [0.25, 0.3) is 5.91 Å². The largest absolute Gasteiger partial charge is 0.396 e. The van der Waals surface area contributed by atoms with E-state index in [-0.39, 0.29) is 11.9 Å². The summed E-state index contributed by atoms with van der Waals surface area (Å²) in [5, 5.41) is 6.41. The monoisotopic (exact) mass is 208 g/mol. The second kappa shape index (κ2) is 3.56. The zero-order valence-corrected chi connectivity index (χ0v) is 9.03. The smallest absolute Gasteiger partial charge is 0.274 e. The van der Waals surface area contributed by atoms with Crippen molar-refractivity contribution in [3.8, 4) is 0 Å². The molecule has 5 nitrogen and oxygen atoms in total. The summed E-state index contributed by atoms with van der Waals surface area (Å²) in [6, 6.07) is 0.287. The number of amides is 1. The van der Waals surface area contributed by atoms with Crippen LogP contribution in [-0.4, -0.2) is 33.6 Å². The van der Waals surface area contributed by atoms with E-state index in [2.05, 4.69) is 24.0 Å². The molecule has 3 N–H and O–H groups in total. The van der Waals surface area contributed by atoms with Gasteiger partial charge in [0, 0.05) is 12.6 Å². The Bertz CT molecular complexity index is 373. The zero-order chi connectivity index (χ0) is 11.0. The van der Waals surface area contributed by atoms with Gasteiger partial charge in [0.15, 0.2) is 0 Å². The molecule has 0 radical (unpaired) electrons. The van der Waals surface area contributed by atoms with Crippen molar-refractivity contribution in [2.24, 2.45) is 5.92 Å². The fourth-order valence-corrected chi connectivity index (χ4v) is 2.19. The van der Waals surface area contributed by atoms with E-state index in [1.165, 1.54) is 6.20 Å². The molecule has 0 bridgehead atoms. The van der Waals surface area contributed by atoms with Crippen LogP contribution in [0.2, 0.25) is 0 Å². The lowest BCUT2D eigenvalue weighted by atomic mass is 10.1. The topological polar surface area (TPSA) is 75.0 Å². The van der Waals surface area contributed by atoms with Crippen molar-refractivity contribution in [3.63, 3.8) is 0 Å². The highest BCUT2D eigenvalue weighted by atomic mass is 16.2. The molecule has 2 rings (SSSR count). The van der Waals surface area contributed by atoms with Gasteiger partial charge in [0.2, 0.25) is 0 Å². The Morgan fingerprint density at radius 1 is 1.67 bits per heavy atom. The Kier molecular flexibility index (Phi) is 2.38. The van der Waals surface area contributed by atoms with Crippen molar-refractivity contribution >= 4 is 11.6 Å². The number of rotatable bonds is 1. The van der Waals surface area contributed by atoms with E-state index < -0.39 is 0 Å². The van der Waals surface area contributed by atoms with Gasteiger partial charge < -0.3 is 10.6 Å². The normalized spacial score (nSPS) is 25.9. The van der Waals surface area contributed by atoms with Gasteiger partial charge in [-0.25, -0.2) is 0 Å². The Morgan fingerprint density at radius 3 is 2.87 bits per heavy atom. The van der Waals surface area contributed by atoms with Crippen LogP contribution in [0.5, 0.6) is 0 Å². The lowest BCUT2D eigenvalue weighted by Crippen LogP contribution is -2.34. The fourth-order valence-electron chi connectivity index (χ4n) is 2.19. The average Bonchev–Trinajstić information content (AvgIpc) is 2.71. The molecule has 1 aliphatic rings. The fraction of sp³-hybridized carbons (Fsp3) is 0.600. The Hall–Kier alpha value is -1.52. The van der Waals surface area contributed by atoms with E-state index in [1.807, 2.05) is 4.90 Å². The predicted octanol–water partition coefficient (Wildman–Crippen LogP) is 0.862. The molecule has 1 aliphatic heterocycles. The molecule has 2 heterocycles. The number of nitrogens with two attached hydrogens (primary N) is 1. The zero-order valence-electron chi connectivity index (χ0n) is 9.03. The number of anilines is 1.